The molecule has 1 amide bonds. The molecule has 0 aliphatic heterocycles. The first kappa shape index (κ1) is 18.3. The summed E-state index contributed by atoms with van der Waals surface area (Å²) in [5.74, 6) is 0.497. The number of pyridine rings is 1. The number of benzene rings is 1. The Hall–Kier alpha value is -2.51. The largest absolute Gasteiger partial charge is 0.496 e. The summed E-state index contributed by atoms with van der Waals surface area (Å²) in [6.45, 7) is 4.24. The molecule has 1 aromatic carbocycles. The summed E-state index contributed by atoms with van der Waals surface area (Å²) in [4.78, 5) is 21.8. The third-order valence-corrected chi connectivity index (χ3v) is 4.71. The van der Waals surface area contributed by atoms with Gasteiger partial charge < -0.3 is 14.8 Å². The molecule has 1 atom stereocenters. The lowest BCUT2D eigenvalue weighted by Crippen LogP contribution is -2.30. The Morgan fingerprint density at radius 1 is 1.23 bits per heavy atom. The molecule has 1 unspecified atom stereocenters. The molecule has 7 heteroatoms. The minimum Gasteiger partial charge on any atom is -0.496 e. The number of nitrogens with one attached hydrogen (secondary N) is 1. The van der Waals surface area contributed by atoms with Crippen molar-refractivity contribution in [3.63, 3.8) is 0 Å². The molecule has 0 radical (unpaired) electrons. The van der Waals surface area contributed by atoms with Gasteiger partial charge in [0.05, 0.1) is 13.2 Å². The van der Waals surface area contributed by atoms with Crippen LogP contribution in [0.15, 0.2) is 42.6 Å². The molecule has 0 saturated heterocycles. The first-order valence-electron chi connectivity index (χ1n) is 8.36. The SMILES string of the molecule is COc1ccccc1C(CNC(=O)c1nc2cccnc2s1)OC(C)C. The van der Waals surface area contributed by atoms with Crippen LogP contribution in [0.1, 0.15) is 35.3 Å². The van der Waals surface area contributed by atoms with E-state index in [9.17, 15) is 4.79 Å². The Balaban J connectivity index is 1.75. The molecule has 2 heterocycles. The highest BCUT2D eigenvalue weighted by atomic mass is 32.1. The molecule has 0 fully saturated rings. The molecule has 136 valence electrons. The summed E-state index contributed by atoms with van der Waals surface area (Å²) in [5, 5.41) is 3.31. The first-order chi connectivity index (χ1) is 12.6. The highest BCUT2D eigenvalue weighted by molar-refractivity contribution is 7.19. The van der Waals surface area contributed by atoms with Crippen molar-refractivity contribution in [3.05, 3.63) is 53.2 Å². The number of hydrogen-bond donors (Lipinski definition) is 1. The second-order valence-corrected chi connectivity index (χ2v) is 6.95. The lowest BCUT2D eigenvalue weighted by molar-refractivity contribution is 0.00611. The van der Waals surface area contributed by atoms with Crippen LogP contribution in [0.2, 0.25) is 0 Å². The number of carbonyl (C=O) groups is 1. The molecule has 3 aromatic rings. The van der Waals surface area contributed by atoms with Crippen LogP contribution in [0.3, 0.4) is 0 Å². The summed E-state index contributed by atoms with van der Waals surface area (Å²) in [7, 11) is 1.62. The number of hydrogen-bond acceptors (Lipinski definition) is 6. The van der Waals surface area contributed by atoms with Crippen molar-refractivity contribution in [1.29, 1.82) is 0 Å². The van der Waals surface area contributed by atoms with Crippen molar-refractivity contribution < 1.29 is 14.3 Å². The van der Waals surface area contributed by atoms with Gasteiger partial charge in [-0.05, 0) is 32.0 Å². The zero-order valence-corrected chi connectivity index (χ0v) is 15.7. The van der Waals surface area contributed by atoms with Crippen LogP contribution in [0.25, 0.3) is 10.3 Å². The van der Waals surface area contributed by atoms with Crippen molar-refractivity contribution in [3.8, 4) is 5.75 Å². The Morgan fingerprint density at radius 3 is 2.77 bits per heavy atom. The molecule has 0 bridgehead atoms. The van der Waals surface area contributed by atoms with E-state index >= 15 is 0 Å². The van der Waals surface area contributed by atoms with E-state index in [1.54, 1.807) is 19.4 Å². The van der Waals surface area contributed by atoms with E-state index in [2.05, 4.69) is 15.3 Å². The van der Waals surface area contributed by atoms with Gasteiger partial charge in [-0.25, -0.2) is 9.97 Å². The minimum atomic E-state index is -0.317. The molecule has 1 N–H and O–H groups in total. The van der Waals surface area contributed by atoms with Crippen LogP contribution in [0.5, 0.6) is 5.75 Å². The number of aromatic nitrogens is 2. The topological polar surface area (TPSA) is 73.3 Å². The van der Waals surface area contributed by atoms with Gasteiger partial charge in [0, 0.05) is 18.3 Å². The second-order valence-electron chi connectivity index (χ2n) is 5.97. The highest BCUT2D eigenvalue weighted by Gasteiger charge is 2.20. The second kappa shape index (κ2) is 8.25. The summed E-state index contributed by atoms with van der Waals surface area (Å²) < 4.78 is 11.4. The van der Waals surface area contributed by atoms with Crippen LogP contribution in [0.4, 0.5) is 0 Å². The van der Waals surface area contributed by atoms with Crippen molar-refractivity contribution in [2.24, 2.45) is 0 Å². The molecule has 26 heavy (non-hydrogen) atoms. The van der Waals surface area contributed by atoms with Gasteiger partial charge in [0.1, 0.15) is 22.2 Å². The fourth-order valence-electron chi connectivity index (χ4n) is 2.62. The molecule has 0 saturated carbocycles. The summed E-state index contributed by atoms with van der Waals surface area (Å²) in [6.07, 6.45) is 1.38. The average molecular weight is 371 g/mol. The van der Waals surface area contributed by atoms with Crippen molar-refractivity contribution in [2.75, 3.05) is 13.7 Å². The van der Waals surface area contributed by atoms with E-state index in [1.807, 2.05) is 44.2 Å². The Bertz CT molecular complexity index is 861. The standard InChI is InChI=1S/C19H21N3O3S/c1-12(2)25-16(13-7-4-5-9-15(13)24-3)11-21-17(23)19-22-14-8-6-10-20-18(14)26-19/h4-10,12,16H,11H2,1-3H3,(H,21,23). The molecule has 0 aliphatic rings. The number of para-hydroxylation sites is 1. The minimum absolute atomic E-state index is 0.00784. The number of methoxy groups -OCH3 is 1. The number of carbonyl (C=O) groups excluding carboxylic acids is 1. The Labute approximate surface area is 156 Å². The van der Waals surface area contributed by atoms with Crippen molar-refractivity contribution in [2.45, 2.75) is 26.1 Å². The number of nitrogens with zero attached hydrogens (tertiary/aromatic N) is 2. The fraction of sp³-hybridized carbons (Fsp3) is 0.316. The number of fused-ring (bicyclic) bond motifs is 1. The molecule has 3 rings (SSSR count). The first-order valence-corrected chi connectivity index (χ1v) is 9.18. The van der Waals surface area contributed by atoms with Gasteiger partial charge in [-0.2, -0.15) is 0 Å². The predicted octanol–water partition coefficient (Wildman–Crippen LogP) is 3.60. The third-order valence-electron chi connectivity index (χ3n) is 3.73. The van der Waals surface area contributed by atoms with Gasteiger partial charge in [-0.3, -0.25) is 4.79 Å². The Kier molecular flexibility index (Phi) is 5.80. The molecular formula is C19H21N3O3S. The maximum absolute atomic E-state index is 12.5. The van der Waals surface area contributed by atoms with E-state index in [-0.39, 0.29) is 18.1 Å². The van der Waals surface area contributed by atoms with Gasteiger partial charge in [0.15, 0.2) is 5.01 Å². The zero-order chi connectivity index (χ0) is 18.5. The smallest absolute Gasteiger partial charge is 0.280 e. The molecular weight excluding hydrogens is 350 g/mol. The van der Waals surface area contributed by atoms with E-state index < -0.39 is 0 Å². The average Bonchev–Trinajstić information content (AvgIpc) is 3.09. The van der Waals surface area contributed by atoms with Crippen LogP contribution < -0.4 is 10.1 Å². The number of rotatable bonds is 7. The fourth-order valence-corrected chi connectivity index (χ4v) is 3.44. The highest BCUT2D eigenvalue weighted by Crippen LogP contribution is 2.28. The van der Waals surface area contributed by atoms with Crippen molar-refractivity contribution in [1.82, 2.24) is 15.3 Å². The number of amides is 1. The van der Waals surface area contributed by atoms with Crippen LogP contribution in [-0.4, -0.2) is 35.6 Å². The number of ether oxygens (including phenoxy) is 2. The van der Waals surface area contributed by atoms with E-state index in [0.717, 1.165) is 21.7 Å². The zero-order valence-electron chi connectivity index (χ0n) is 14.9. The Morgan fingerprint density at radius 2 is 2.04 bits per heavy atom. The van der Waals surface area contributed by atoms with Crippen LogP contribution >= 0.6 is 11.3 Å². The summed E-state index contributed by atoms with van der Waals surface area (Å²) >= 11 is 1.27. The number of thiazole rings is 1. The summed E-state index contributed by atoms with van der Waals surface area (Å²) in [5.41, 5.74) is 1.62. The van der Waals surface area contributed by atoms with E-state index in [0.29, 0.717) is 11.6 Å². The third kappa shape index (κ3) is 4.17. The molecule has 0 aliphatic carbocycles. The quantitative estimate of drug-likeness (QED) is 0.687. The van der Waals surface area contributed by atoms with E-state index in [1.165, 1.54) is 11.3 Å². The van der Waals surface area contributed by atoms with Gasteiger partial charge >= 0.3 is 0 Å². The molecule has 0 spiro atoms. The maximum Gasteiger partial charge on any atom is 0.280 e. The van der Waals surface area contributed by atoms with Gasteiger partial charge in [0.2, 0.25) is 0 Å². The summed E-state index contributed by atoms with van der Waals surface area (Å²) in [6, 6.07) is 11.3. The van der Waals surface area contributed by atoms with E-state index in [4.69, 9.17) is 9.47 Å². The van der Waals surface area contributed by atoms with Gasteiger partial charge in [-0.1, -0.05) is 29.5 Å². The van der Waals surface area contributed by atoms with Gasteiger partial charge in [0.25, 0.3) is 5.91 Å². The van der Waals surface area contributed by atoms with Gasteiger partial charge in [-0.15, -0.1) is 0 Å². The van der Waals surface area contributed by atoms with Crippen molar-refractivity contribution >= 4 is 27.6 Å². The maximum atomic E-state index is 12.5. The lowest BCUT2D eigenvalue weighted by Gasteiger charge is -2.23. The molecule has 6 nitrogen and oxygen atoms in total. The normalized spacial score (nSPS) is 12.3. The predicted molar refractivity (Wildman–Crippen MR) is 102 cm³/mol. The van der Waals surface area contributed by atoms with Crippen LogP contribution in [-0.2, 0) is 4.74 Å². The lowest BCUT2D eigenvalue weighted by atomic mass is 10.1. The molecule has 2 aromatic heterocycles. The van der Waals surface area contributed by atoms with Crippen LogP contribution in [0, 0.1) is 0 Å². The monoisotopic (exact) mass is 371 g/mol.